The van der Waals surface area contributed by atoms with E-state index in [-0.39, 0.29) is 18.2 Å². The van der Waals surface area contributed by atoms with Gasteiger partial charge in [-0.1, -0.05) is 6.58 Å². The molecular weight excluding hydrogens is 162 g/mol. The molecule has 0 N–H and O–H groups in total. The maximum absolute atomic E-state index is 11.2. The Morgan fingerprint density at radius 3 is 2.18 bits per heavy atom. The summed E-state index contributed by atoms with van der Waals surface area (Å²) in [6, 6.07) is 0. The second-order valence-corrected chi connectivity index (χ2v) is 3.07. The molecule has 2 bridgehead atoms. The molecule has 11 heavy (non-hydrogen) atoms. The number of hydrogen-bond donors (Lipinski definition) is 0. The number of ketones is 1. The van der Waals surface area contributed by atoms with Crippen LogP contribution in [-0.4, -0.2) is 23.8 Å². The molecule has 0 amide bonds. The van der Waals surface area contributed by atoms with E-state index in [2.05, 4.69) is 11.5 Å². The fourth-order valence-electron chi connectivity index (χ4n) is 1.80. The Hall–Kier alpha value is -0.500. The van der Waals surface area contributed by atoms with E-state index >= 15 is 0 Å². The SMILES string of the molecule is C=C1C(=O)C2CCN1CC2.Cl. The normalized spacial score (nSPS) is 23.8. The van der Waals surface area contributed by atoms with Gasteiger partial charge in [0.15, 0.2) is 5.78 Å². The molecular formula is C8H12ClNO. The summed E-state index contributed by atoms with van der Waals surface area (Å²) in [6.07, 6.45) is 2.11. The number of allylic oxidation sites excluding steroid dienone is 1. The minimum absolute atomic E-state index is 0. The zero-order valence-corrected chi connectivity index (χ0v) is 7.19. The van der Waals surface area contributed by atoms with Crippen LogP contribution in [0, 0.1) is 5.92 Å². The lowest BCUT2D eigenvalue weighted by Gasteiger charge is -2.40. The van der Waals surface area contributed by atoms with Gasteiger partial charge in [-0.15, -0.1) is 12.4 Å². The van der Waals surface area contributed by atoms with Crippen molar-refractivity contribution in [3.05, 3.63) is 12.3 Å². The Morgan fingerprint density at radius 2 is 1.91 bits per heavy atom. The summed E-state index contributed by atoms with van der Waals surface area (Å²) in [5, 5.41) is 0. The number of carbonyl (C=O) groups is 1. The Bertz CT molecular complexity index is 172. The molecule has 0 aromatic carbocycles. The van der Waals surface area contributed by atoms with Gasteiger partial charge in [-0.2, -0.15) is 0 Å². The van der Waals surface area contributed by atoms with Crippen molar-refractivity contribution in [2.75, 3.05) is 13.1 Å². The highest BCUT2D eigenvalue weighted by Gasteiger charge is 2.34. The molecule has 0 aromatic rings. The van der Waals surface area contributed by atoms with Crippen molar-refractivity contribution in [2.45, 2.75) is 12.8 Å². The van der Waals surface area contributed by atoms with E-state index in [9.17, 15) is 4.79 Å². The predicted octanol–water partition coefficient (Wildman–Crippen LogP) is 1.22. The van der Waals surface area contributed by atoms with E-state index in [0.29, 0.717) is 5.92 Å². The van der Waals surface area contributed by atoms with Crippen molar-refractivity contribution in [1.82, 2.24) is 4.90 Å². The van der Waals surface area contributed by atoms with Crippen LogP contribution in [-0.2, 0) is 4.79 Å². The topological polar surface area (TPSA) is 20.3 Å². The van der Waals surface area contributed by atoms with Crippen LogP contribution < -0.4 is 0 Å². The van der Waals surface area contributed by atoms with Crippen LogP contribution >= 0.6 is 12.4 Å². The Kier molecular flexibility index (Phi) is 2.23. The smallest absolute Gasteiger partial charge is 0.181 e. The van der Waals surface area contributed by atoms with Crippen LogP contribution in [0.2, 0.25) is 0 Å². The third-order valence-corrected chi connectivity index (χ3v) is 2.53. The second-order valence-electron chi connectivity index (χ2n) is 3.07. The Labute approximate surface area is 72.7 Å². The summed E-state index contributed by atoms with van der Waals surface area (Å²) in [5.41, 5.74) is 0.752. The van der Waals surface area contributed by atoms with Gasteiger partial charge in [0, 0.05) is 19.0 Å². The number of nitrogens with zero attached hydrogens (tertiary/aromatic N) is 1. The molecule has 0 aromatic heterocycles. The number of hydrogen-bond acceptors (Lipinski definition) is 2. The van der Waals surface area contributed by atoms with Crippen LogP contribution in [0.3, 0.4) is 0 Å². The fraction of sp³-hybridized carbons (Fsp3) is 0.625. The van der Waals surface area contributed by atoms with Gasteiger partial charge >= 0.3 is 0 Å². The van der Waals surface area contributed by atoms with E-state index in [0.717, 1.165) is 31.6 Å². The molecule has 3 fully saturated rings. The van der Waals surface area contributed by atoms with Crippen LogP contribution in [0.15, 0.2) is 12.3 Å². The van der Waals surface area contributed by atoms with E-state index < -0.39 is 0 Å². The maximum Gasteiger partial charge on any atom is 0.181 e. The summed E-state index contributed by atoms with van der Waals surface area (Å²) in [5.74, 6) is 0.606. The first-order valence-corrected chi connectivity index (χ1v) is 3.77. The molecule has 3 rings (SSSR count). The summed E-state index contributed by atoms with van der Waals surface area (Å²) < 4.78 is 0. The second kappa shape index (κ2) is 2.86. The zero-order valence-electron chi connectivity index (χ0n) is 6.38. The van der Waals surface area contributed by atoms with Crippen LogP contribution in [0.25, 0.3) is 0 Å². The highest BCUT2D eigenvalue weighted by atomic mass is 35.5. The summed E-state index contributed by atoms with van der Waals surface area (Å²) in [4.78, 5) is 13.3. The van der Waals surface area contributed by atoms with Crippen LogP contribution in [0.1, 0.15) is 12.8 Å². The third-order valence-electron chi connectivity index (χ3n) is 2.53. The first-order chi connectivity index (χ1) is 4.79. The zero-order chi connectivity index (χ0) is 7.14. The van der Waals surface area contributed by atoms with Crippen molar-refractivity contribution in [3.63, 3.8) is 0 Å². The molecule has 2 nitrogen and oxygen atoms in total. The van der Waals surface area contributed by atoms with Crippen molar-refractivity contribution >= 4 is 18.2 Å². The molecule has 0 radical (unpaired) electrons. The molecule has 0 atom stereocenters. The molecule has 3 aliphatic heterocycles. The molecule has 0 spiro atoms. The highest BCUT2D eigenvalue weighted by Crippen LogP contribution is 2.29. The van der Waals surface area contributed by atoms with E-state index in [1.165, 1.54) is 0 Å². The standard InChI is InChI=1S/C8H11NO.ClH/c1-6-8(10)7-2-4-9(6)5-3-7;/h7H,1-5H2;1H. The van der Waals surface area contributed by atoms with Gasteiger partial charge in [0.25, 0.3) is 0 Å². The average molecular weight is 174 g/mol. The predicted molar refractivity (Wildman–Crippen MR) is 45.7 cm³/mol. The lowest BCUT2D eigenvalue weighted by atomic mass is 9.85. The van der Waals surface area contributed by atoms with E-state index in [1.807, 2.05) is 0 Å². The quantitative estimate of drug-likeness (QED) is 0.514. The van der Waals surface area contributed by atoms with Crippen LogP contribution in [0.4, 0.5) is 0 Å². The number of piperidine rings is 3. The maximum atomic E-state index is 11.2. The first-order valence-electron chi connectivity index (χ1n) is 3.77. The van der Waals surface area contributed by atoms with Crippen molar-refractivity contribution < 1.29 is 4.79 Å². The highest BCUT2D eigenvalue weighted by molar-refractivity contribution is 5.97. The van der Waals surface area contributed by atoms with Gasteiger partial charge in [0.05, 0.1) is 5.70 Å². The molecule has 3 aliphatic rings. The Balaban J connectivity index is 0.000000605. The molecule has 0 unspecified atom stereocenters. The average Bonchev–Trinajstić information content (AvgIpc) is 2.00. The number of fused-ring (bicyclic) bond motifs is 3. The Morgan fingerprint density at radius 1 is 1.36 bits per heavy atom. The molecule has 3 heterocycles. The summed E-state index contributed by atoms with van der Waals surface area (Å²) in [6.45, 7) is 5.86. The molecule has 62 valence electrons. The van der Waals surface area contributed by atoms with Crippen molar-refractivity contribution in [3.8, 4) is 0 Å². The first kappa shape index (κ1) is 8.60. The van der Waals surface area contributed by atoms with Crippen molar-refractivity contribution in [2.24, 2.45) is 5.92 Å². The largest absolute Gasteiger partial charge is 0.369 e. The number of carbonyl (C=O) groups excluding carboxylic acids is 1. The van der Waals surface area contributed by atoms with Gasteiger partial charge in [-0.25, -0.2) is 0 Å². The van der Waals surface area contributed by atoms with E-state index in [4.69, 9.17) is 0 Å². The lowest BCUT2D eigenvalue weighted by molar-refractivity contribution is -0.125. The molecule has 0 saturated carbocycles. The molecule has 3 heteroatoms. The number of rotatable bonds is 0. The van der Waals surface area contributed by atoms with Gasteiger partial charge < -0.3 is 4.90 Å². The third kappa shape index (κ3) is 1.16. The van der Waals surface area contributed by atoms with Gasteiger partial charge in [0.2, 0.25) is 0 Å². The molecule has 0 aliphatic carbocycles. The number of halogens is 1. The summed E-state index contributed by atoms with van der Waals surface area (Å²) >= 11 is 0. The minimum atomic E-state index is 0. The van der Waals surface area contributed by atoms with E-state index in [1.54, 1.807) is 0 Å². The minimum Gasteiger partial charge on any atom is -0.369 e. The fourth-order valence-corrected chi connectivity index (χ4v) is 1.80. The van der Waals surface area contributed by atoms with Crippen molar-refractivity contribution in [1.29, 1.82) is 0 Å². The molecule has 3 saturated heterocycles. The van der Waals surface area contributed by atoms with Gasteiger partial charge in [0.1, 0.15) is 0 Å². The van der Waals surface area contributed by atoms with Gasteiger partial charge in [-0.3, -0.25) is 4.79 Å². The van der Waals surface area contributed by atoms with Crippen LogP contribution in [0.5, 0.6) is 0 Å². The monoisotopic (exact) mass is 173 g/mol. The number of Topliss-reactive ketones (excluding diaryl/α,β-unsaturated/α-hetero) is 1. The lowest BCUT2D eigenvalue weighted by Crippen LogP contribution is -2.45. The summed E-state index contributed by atoms with van der Waals surface area (Å²) in [7, 11) is 0. The van der Waals surface area contributed by atoms with Gasteiger partial charge in [-0.05, 0) is 12.8 Å².